The number of ether oxygens (including phenoxy) is 6. The molecule has 0 saturated carbocycles. The van der Waals surface area contributed by atoms with E-state index in [9.17, 15) is 28.8 Å². The molecule has 96 heavy (non-hydrogen) atoms. The number of alkyl halides is 6. The molecular weight excluding hydrogens is 1700 g/mol. The van der Waals surface area contributed by atoms with Crippen LogP contribution in [0.2, 0.25) is 0 Å². The van der Waals surface area contributed by atoms with Gasteiger partial charge in [-0.2, -0.15) is 0 Å². The highest BCUT2D eigenvalue weighted by Gasteiger charge is 2.49. The van der Waals surface area contributed by atoms with Crippen molar-refractivity contribution in [3.05, 3.63) is 179 Å². The number of hydrogen-bond donors (Lipinski definition) is 0. The summed E-state index contributed by atoms with van der Waals surface area (Å²) >= 11 is 20.2. The van der Waals surface area contributed by atoms with Crippen LogP contribution in [0.25, 0.3) is 0 Å². The normalized spacial score (nSPS) is 14.3. The minimum Gasteiger partial charge on any atom is -0.460 e. The van der Waals surface area contributed by atoms with E-state index in [2.05, 4.69) is 95.6 Å². The van der Waals surface area contributed by atoms with E-state index in [4.69, 9.17) is 69.1 Å². The summed E-state index contributed by atoms with van der Waals surface area (Å²) in [4.78, 5) is 77.3. The van der Waals surface area contributed by atoms with Gasteiger partial charge in [-0.1, -0.05) is 182 Å². The molecule has 0 unspecified atom stereocenters. The third-order valence-electron chi connectivity index (χ3n) is 12.7. The van der Waals surface area contributed by atoms with Crippen molar-refractivity contribution >= 4 is 154 Å². The molecule has 0 atom stereocenters. The van der Waals surface area contributed by atoms with E-state index >= 15 is 0 Å². The lowest BCUT2D eigenvalue weighted by Gasteiger charge is -2.33. The van der Waals surface area contributed by atoms with Gasteiger partial charge in [-0.25, -0.2) is 0 Å². The first-order valence-corrected chi connectivity index (χ1v) is 38.7. The van der Waals surface area contributed by atoms with Gasteiger partial charge in [0, 0.05) is 0 Å². The Labute approximate surface area is 609 Å². The summed E-state index contributed by atoms with van der Waals surface area (Å²) in [6, 6.07) is 39.3. The number of benzene rings is 6. The number of carbonyl (C=O) groups is 6. The van der Waals surface area contributed by atoms with E-state index in [0.29, 0.717) is 33.4 Å². The van der Waals surface area contributed by atoms with Gasteiger partial charge in [0.2, 0.25) is 0 Å². The average molecular weight is 1770 g/mol. The number of esters is 6. The average Bonchev–Trinajstić information content (AvgIpc) is 0.730. The van der Waals surface area contributed by atoms with Gasteiger partial charge in [0.1, 0.15) is 100 Å². The van der Waals surface area contributed by atoms with Crippen LogP contribution < -0.4 is 27.1 Å². The first kappa shape index (κ1) is 77.9. The van der Waals surface area contributed by atoms with Crippen molar-refractivity contribution in [2.24, 2.45) is 13.5 Å². The molecule has 0 aromatic heterocycles. The van der Waals surface area contributed by atoms with E-state index in [1.54, 1.807) is 229 Å². The van der Waals surface area contributed by atoms with E-state index < -0.39 is 84.7 Å². The molecule has 1 heterocycles. The van der Waals surface area contributed by atoms with Gasteiger partial charge in [-0.05, 0) is 189 Å². The van der Waals surface area contributed by atoms with Crippen molar-refractivity contribution in [3.63, 3.8) is 0 Å². The molecule has 6 aromatic carbocycles. The number of nitrogens with zero attached hydrogens (tertiary/aromatic N) is 3. The van der Waals surface area contributed by atoms with Gasteiger partial charge in [0.05, 0.1) is 0 Å². The summed E-state index contributed by atoms with van der Waals surface area (Å²) in [5, 5.41) is 0. The van der Waals surface area contributed by atoms with Crippen LogP contribution in [0.5, 0.6) is 34.5 Å². The van der Waals surface area contributed by atoms with Crippen molar-refractivity contribution in [1.82, 2.24) is 0 Å². The lowest BCUT2D eigenvalue weighted by atomic mass is 10.2. The van der Waals surface area contributed by atoms with Crippen LogP contribution in [0.4, 0.5) is 0 Å². The van der Waals surface area contributed by atoms with E-state index in [1.807, 2.05) is 0 Å². The Hall–Kier alpha value is -5.49. The predicted octanol–water partition coefficient (Wildman–Crippen LogP) is 19.6. The summed E-state index contributed by atoms with van der Waals surface area (Å²) in [6.07, 6.45) is 0. The standard InChI is InChI=1S/C66H72Br6N3O18P3/c1-61(2,67)55(76)82-37-43-13-25-49(26-14-43)88-94(89-50-27-15-44(16-28-50)38-83-56(77)62(3,4)68)73-95(90-51-29-17-45(18-30-51)39-84-57(78)63(5,6)69,91-52-31-19-46(20-32-52)40-85-58(79)64(7,8)70)75-96(74-94,92-53-33-21-47(22-34-53)41-86-59(80)65(9,10)71)93-54-35-23-48(24-36-54)42-87-60(81)66(11,12)72/h13-36H,37-42H2,1-12H3. The third kappa shape index (κ3) is 23.9. The Morgan fingerprint density at radius 2 is 0.365 bits per heavy atom. The molecule has 0 fully saturated rings. The minimum atomic E-state index is -4.63. The zero-order valence-electron chi connectivity index (χ0n) is 54.4. The van der Waals surface area contributed by atoms with Gasteiger partial charge in [0.15, 0.2) is 0 Å². The number of rotatable bonds is 30. The van der Waals surface area contributed by atoms with Crippen molar-refractivity contribution in [3.8, 4) is 34.5 Å². The van der Waals surface area contributed by atoms with E-state index in [-0.39, 0.29) is 74.1 Å². The van der Waals surface area contributed by atoms with Crippen LogP contribution >= 0.6 is 119 Å². The monoisotopic (exact) mass is 1760 g/mol. The number of halogens is 6. The van der Waals surface area contributed by atoms with E-state index in [1.165, 1.54) is 0 Å². The molecule has 0 saturated heterocycles. The highest BCUT2D eigenvalue weighted by Crippen LogP contribution is 2.78. The largest absolute Gasteiger partial charge is 0.460 e. The lowest BCUT2D eigenvalue weighted by Crippen LogP contribution is -2.26. The van der Waals surface area contributed by atoms with Crippen LogP contribution in [0.15, 0.2) is 159 Å². The number of hydrogen-bond acceptors (Lipinski definition) is 21. The molecule has 1 aliphatic rings. The smallest absolute Gasteiger partial charge is 0.460 e. The van der Waals surface area contributed by atoms with Crippen molar-refractivity contribution in [2.75, 3.05) is 0 Å². The molecule has 0 aliphatic carbocycles. The molecule has 0 spiro atoms. The van der Waals surface area contributed by atoms with Crippen LogP contribution in [-0.2, 0) is 96.8 Å². The summed E-state index contributed by atoms with van der Waals surface area (Å²) in [5.41, 5.74) is 3.51. The highest BCUT2D eigenvalue weighted by atomic mass is 79.9. The van der Waals surface area contributed by atoms with Crippen molar-refractivity contribution < 1.29 is 84.3 Å². The zero-order valence-corrected chi connectivity index (χ0v) is 66.6. The molecule has 21 nitrogen and oxygen atoms in total. The second-order valence-electron chi connectivity index (χ2n) is 24.4. The van der Waals surface area contributed by atoms with Crippen LogP contribution in [0.3, 0.4) is 0 Å². The molecular formula is C66H72Br6N3O18P3. The summed E-state index contributed by atoms with van der Waals surface area (Å²) in [5.74, 6) is -2.24. The second-order valence-corrected chi connectivity index (χ2v) is 42.5. The Morgan fingerprint density at radius 1 is 0.250 bits per heavy atom. The lowest BCUT2D eigenvalue weighted by molar-refractivity contribution is -0.147. The van der Waals surface area contributed by atoms with Gasteiger partial charge >= 0.3 is 58.8 Å². The third-order valence-corrected chi connectivity index (χ3v) is 22.8. The first-order chi connectivity index (χ1) is 44.6. The fourth-order valence-corrected chi connectivity index (χ4v) is 17.1. The first-order valence-electron chi connectivity index (χ1n) is 29.4. The van der Waals surface area contributed by atoms with E-state index in [0.717, 1.165) is 0 Å². The maximum Gasteiger partial charge on any atom is 0.460 e. The minimum absolute atomic E-state index is 0.100. The summed E-state index contributed by atoms with van der Waals surface area (Å²) in [6.45, 7) is 19.4. The molecule has 0 radical (unpaired) electrons. The molecule has 0 bridgehead atoms. The van der Waals surface area contributed by atoms with Gasteiger partial charge < -0.3 is 55.6 Å². The summed E-state index contributed by atoms with van der Waals surface area (Å²) in [7, 11) is -13.9. The van der Waals surface area contributed by atoms with Crippen molar-refractivity contribution in [2.45, 2.75) is 149 Å². The van der Waals surface area contributed by atoms with Crippen molar-refractivity contribution in [1.29, 1.82) is 0 Å². The number of carbonyl (C=O) groups excluding carboxylic acids is 6. The molecule has 6 aromatic rings. The summed E-state index contributed by atoms with van der Waals surface area (Å²) < 4.78 is 86.8. The zero-order chi connectivity index (χ0) is 70.7. The Balaban J connectivity index is 1.52. The van der Waals surface area contributed by atoms with Crippen LogP contribution in [0, 0.1) is 0 Å². The molecule has 7 rings (SSSR count). The SMILES string of the molecule is CC(C)(Br)C(=O)OCc1ccc(OP2(Oc3ccc(COC(=O)C(C)(C)Br)cc3)=NP(Oc3ccc(COC(=O)C(C)(C)Br)cc3)(Oc3ccc(COC(=O)C(C)(C)Br)cc3)=NP(Oc3ccc(COC(=O)C(C)(C)Br)cc3)(Oc3ccc(COC(=O)C(C)(C)Br)cc3)=N2)cc1. The maximum atomic E-state index is 12.9. The maximum absolute atomic E-state index is 12.9. The fourth-order valence-electron chi connectivity index (χ4n) is 7.38. The Kier molecular flexibility index (Phi) is 26.1. The predicted molar refractivity (Wildman–Crippen MR) is 387 cm³/mol. The Morgan fingerprint density at radius 3 is 0.469 bits per heavy atom. The van der Waals surface area contributed by atoms with Crippen LogP contribution in [0.1, 0.15) is 116 Å². The van der Waals surface area contributed by atoms with Gasteiger partial charge in [-0.15, -0.1) is 0 Å². The fraction of sp³-hybridized carbons (Fsp3) is 0.364. The van der Waals surface area contributed by atoms with Crippen LogP contribution in [-0.4, -0.2) is 61.8 Å². The Bertz CT molecular complexity index is 3270. The molecule has 0 amide bonds. The second kappa shape index (κ2) is 32.2. The molecule has 516 valence electrons. The quantitative estimate of drug-likeness (QED) is 0.0176. The van der Waals surface area contributed by atoms with Gasteiger partial charge in [-0.3, -0.25) is 28.8 Å². The topological polar surface area (TPSA) is 250 Å². The molecule has 30 heteroatoms. The van der Waals surface area contributed by atoms with Gasteiger partial charge in [0.25, 0.3) is 0 Å². The highest BCUT2D eigenvalue weighted by molar-refractivity contribution is 9.11. The molecule has 0 N–H and O–H groups in total. The molecule has 1 aliphatic heterocycles.